The van der Waals surface area contributed by atoms with Crippen LogP contribution in [-0.4, -0.2) is 39.9 Å². The van der Waals surface area contributed by atoms with Crippen LogP contribution < -0.4 is 5.32 Å². The zero-order valence-electron chi connectivity index (χ0n) is 18.8. The quantitative estimate of drug-likeness (QED) is 0.384. The molecule has 9 heteroatoms. The Kier molecular flexibility index (Phi) is 6.03. The minimum Gasteiger partial charge on any atom is -0.424 e. The number of amides is 1. The Morgan fingerprint density at radius 3 is 2.74 bits per heavy atom. The van der Waals surface area contributed by atoms with Gasteiger partial charge in [-0.15, -0.1) is 11.3 Å². The van der Waals surface area contributed by atoms with E-state index < -0.39 is 0 Å². The summed E-state index contributed by atoms with van der Waals surface area (Å²) in [4.78, 5) is 25.2. The molecule has 1 amide bonds. The molecule has 0 bridgehead atoms. The van der Waals surface area contributed by atoms with Crippen molar-refractivity contribution in [1.29, 1.82) is 0 Å². The number of nitrogens with zero attached hydrogens (tertiary/aromatic N) is 3. The molecule has 2 aromatic carbocycles. The summed E-state index contributed by atoms with van der Waals surface area (Å²) in [6, 6.07) is 10.5. The molecule has 0 unspecified atom stereocenters. The predicted octanol–water partition coefficient (Wildman–Crippen LogP) is 5.89. The van der Waals surface area contributed by atoms with Gasteiger partial charge >= 0.3 is 0 Å². The number of halogens is 2. The van der Waals surface area contributed by atoms with Crippen LogP contribution in [0.2, 0.25) is 0 Å². The van der Waals surface area contributed by atoms with Gasteiger partial charge < -0.3 is 14.6 Å². The van der Waals surface area contributed by atoms with Gasteiger partial charge in [-0.3, -0.25) is 4.79 Å². The zero-order valence-corrected chi connectivity index (χ0v) is 19.7. The Bertz CT molecular complexity index is 1330. The third-order valence-corrected chi connectivity index (χ3v) is 7.25. The predicted molar refractivity (Wildman–Crippen MR) is 128 cm³/mol. The molecule has 1 aliphatic heterocycles. The van der Waals surface area contributed by atoms with Gasteiger partial charge in [-0.05, 0) is 55.5 Å². The number of carbonyl (C=O) groups excluding carboxylic acids is 1. The van der Waals surface area contributed by atoms with Crippen LogP contribution in [0.4, 0.5) is 14.8 Å². The number of aryl methyl sites for hydroxylation is 1. The lowest BCUT2D eigenvalue weighted by Crippen LogP contribution is -2.51. The van der Waals surface area contributed by atoms with Gasteiger partial charge in [-0.1, -0.05) is 19.1 Å². The fraction of sp³-hybridized carbons (Fsp3) is 0.320. The van der Waals surface area contributed by atoms with E-state index in [1.54, 1.807) is 18.2 Å². The second-order valence-corrected chi connectivity index (χ2v) is 9.82. The molecule has 0 spiro atoms. The molecule has 2 atom stereocenters. The first-order chi connectivity index (χ1) is 16.4. The number of hydrogen-bond acceptors (Lipinski definition) is 6. The number of benzene rings is 2. The summed E-state index contributed by atoms with van der Waals surface area (Å²) in [7, 11) is 0. The minimum absolute atomic E-state index is 0.101. The number of hydrogen-bond donors (Lipinski definition) is 1. The van der Waals surface area contributed by atoms with Gasteiger partial charge in [0.2, 0.25) is 0 Å². The van der Waals surface area contributed by atoms with E-state index in [-0.39, 0.29) is 29.5 Å². The van der Waals surface area contributed by atoms with E-state index >= 15 is 0 Å². The van der Waals surface area contributed by atoms with Gasteiger partial charge in [0.05, 0.1) is 15.9 Å². The summed E-state index contributed by atoms with van der Waals surface area (Å²) in [5.41, 5.74) is 2.10. The number of thiazole rings is 1. The summed E-state index contributed by atoms with van der Waals surface area (Å²) in [6.45, 7) is 5.05. The van der Waals surface area contributed by atoms with Gasteiger partial charge in [0, 0.05) is 19.2 Å². The van der Waals surface area contributed by atoms with E-state index in [4.69, 9.17) is 4.42 Å². The van der Waals surface area contributed by atoms with Crippen molar-refractivity contribution < 1.29 is 18.0 Å². The first-order valence-corrected chi connectivity index (χ1v) is 12.0. The summed E-state index contributed by atoms with van der Waals surface area (Å²) < 4.78 is 32.6. The van der Waals surface area contributed by atoms with Crippen LogP contribution in [0, 0.1) is 24.5 Å². The molecule has 1 saturated heterocycles. The summed E-state index contributed by atoms with van der Waals surface area (Å²) in [5.74, 6) is -0.584. The van der Waals surface area contributed by atoms with Gasteiger partial charge in [0.1, 0.15) is 22.8 Å². The van der Waals surface area contributed by atoms with E-state index in [2.05, 4.69) is 22.2 Å². The van der Waals surface area contributed by atoms with Crippen molar-refractivity contribution in [3.05, 3.63) is 64.8 Å². The average Bonchev–Trinajstić information content (AvgIpc) is 3.40. The van der Waals surface area contributed by atoms with Gasteiger partial charge in [0.15, 0.2) is 5.58 Å². The number of anilines is 1. The van der Waals surface area contributed by atoms with Gasteiger partial charge in [-0.2, -0.15) is 4.98 Å². The largest absolute Gasteiger partial charge is 0.424 e. The van der Waals surface area contributed by atoms with Crippen LogP contribution in [0.15, 0.2) is 46.9 Å². The van der Waals surface area contributed by atoms with Crippen LogP contribution in [0.3, 0.4) is 0 Å². The maximum atomic E-state index is 13.7. The fourth-order valence-corrected chi connectivity index (χ4v) is 5.40. The van der Waals surface area contributed by atoms with Crippen molar-refractivity contribution in [2.24, 2.45) is 5.92 Å². The number of oxazole rings is 1. The van der Waals surface area contributed by atoms with Gasteiger partial charge in [0.25, 0.3) is 11.9 Å². The van der Waals surface area contributed by atoms with Gasteiger partial charge in [-0.25, -0.2) is 13.8 Å². The number of rotatable bonds is 5. The standard InChI is InChI=1S/C25H24F2N4O2S/c1-14-4-3-11-31(20(14)13-28-25-30-19-12-18(27)9-10-21(19)33-25)24(32)22-23(34-15(2)29-22)16-5-7-17(26)8-6-16/h5-10,12,14,20H,3-4,11,13H2,1-2H3,(H,28,30)/t14-,20-/m1/s1. The number of piperidine rings is 1. The number of aromatic nitrogens is 2. The summed E-state index contributed by atoms with van der Waals surface area (Å²) in [6.07, 6.45) is 1.90. The molecule has 1 aliphatic rings. The minimum atomic E-state index is -0.375. The molecule has 3 heterocycles. The highest BCUT2D eigenvalue weighted by Crippen LogP contribution is 2.33. The molecular weight excluding hydrogens is 458 g/mol. The molecule has 1 fully saturated rings. The normalized spacial score (nSPS) is 18.4. The highest BCUT2D eigenvalue weighted by molar-refractivity contribution is 7.15. The SMILES string of the molecule is Cc1nc(C(=O)N2CCC[C@@H](C)[C@H]2CNc2nc3cc(F)ccc3o2)c(-c2ccc(F)cc2)s1. The lowest BCUT2D eigenvalue weighted by atomic mass is 9.90. The molecular formula is C25H24F2N4O2S. The van der Waals surface area contributed by atoms with Crippen molar-refractivity contribution in [3.63, 3.8) is 0 Å². The number of carbonyl (C=O) groups is 1. The maximum Gasteiger partial charge on any atom is 0.295 e. The lowest BCUT2D eigenvalue weighted by Gasteiger charge is -2.39. The number of likely N-dealkylation sites (tertiary alicyclic amines) is 1. The van der Waals surface area contributed by atoms with Crippen molar-refractivity contribution in [3.8, 4) is 10.4 Å². The van der Waals surface area contributed by atoms with E-state index in [1.165, 1.54) is 35.6 Å². The molecule has 0 radical (unpaired) electrons. The zero-order chi connectivity index (χ0) is 23.8. The molecule has 5 rings (SSSR count). The molecule has 6 nitrogen and oxygen atoms in total. The van der Waals surface area contributed by atoms with Crippen LogP contribution >= 0.6 is 11.3 Å². The first-order valence-electron chi connectivity index (χ1n) is 11.2. The molecule has 0 aliphatic carbocycles. The third kappa shape index (κ3) is 4.40. The van der Waals surface area contributed by atoms with Crippen molar-refractivity contribution in [1.82, 2.24) is 14.9 Å². The first kappa shape index (κ1) is 22.5. The Morgan fingerprint density at radius 1 is 1.18 bits per heavy atom. The van der Waals surface area contributed by atoms with E-state index in [1.807, 2.05) is 11.8 Å². The Labute approximate surface area is 199 Å². The number of nitrogens with one attached hydrogen (secondary N) is 1. The molecule has 34 heavy (non-hydrogen) atoms. The molecule has 0 saturated carbocycles. The average molecular weight is 483 g/mol. The monoisotopic (exact) mass is 482 g/mol. The molecule has 4 aromatic rings. The molecule has 1 N–H and O–H groups in total. The van der Waals surface area contributed by atoms with Crippen molar-refractivity contribution >= 4 is 34.4 Å². The van der Waals surface area contributed by atoms with Crippen molar-refractivity contribution in [2.45, 2.75) is 32.7 Å². The Balaban J connectivity index is 1.39. The van der Waals surface area contributed by atoms with E-state index in [9.17, 15) is 13.6 Å². The topological polar surface area (TPSA) is 71.3 Å². The third-order valence-electron chi connectivity index (χ3n) is 6.23. The smallest absolute Gasteiger partial charge is 0.295 e. The Morgan fingerprint density at radius 2 is 1.94 bits per heavy atom. The van der Waals surface area contributed by atoms with Crippen LogP contribution in [0.5, 0.6) is 0 Å². The van der Waals surface area contributed by atoms with E-state index in [0.29, 0.717) is 35.9 Å². The highest BCUT2D eigenvalue weighted by Gasteiger charge is 2.34. The fourth-order valence-electron chi connectivity index (χ4n) is 4.49. The second-order valence-electron chi connectivity index (χ2n) is 8.61. The highest BCUT2D eigenvalue weighted by atomic mass is 32.1. The Hall–Kier alpha value is -3.33. The maximum absolute atomic E-state index is 13.7. The van der Waals surface area contributed by atoms with E-state index in [0.717, 1.165) is 28.3 Å². The van der Waals surface area contributed by atoms with Crippen LogP contribution in [-0.2, 0) is 0 Å². The second kappa shape index (κ2) is 9.13. The summed E-state index contributed by atoms with van der Waals surface area (Å²) >= 11 is 1.43. The van der Waals surface area contributed by atoms with Crippen molar-refractivity contribution in [2.75, 3.05) is 18.4 Å². The number of fused-ring (bicyclic) bond motifs is 1. The molecule has 2 aromatic heterocycles. The summed E-state index contributed by atoms with van der Waals surface area (Å²) in [5, 5.41) is 3.97. The van der Waals surface area contributed by atoms with Crippen LogP contribution in [0.25, 0.3) is 21.5 Å². The van der Waals surface area contributed by atoms with Crippen LogP contribution in [0.1, 0.15) is 35.3 Å². The molecule has 176 valence electrons. The lowest BCUT2D eigenvalue weighted by molar-refractivity contribution is 0.0534.